The van der Waals surface area contributed by atoms with Gasteiger partial charge in [-0.25, -0.2) is 0 Å². The van der Waals surface area contributed by atoms with E-state index in [0.717, 1.165) is 20.9 Å². The number of aromatic nitrogens is 2. The molecule has 90 valence electrons. The van der Waals surface area contributed by atoms with Crippen molar-refractivity contribution in [1.82, 2.24) is 10.2 Å². The second kappa shape index (κ2) is 5.63. The van der Waals surface area contributed by atoms with Gasteiger partial charge in [0.1, 0.15) is 0 Å². The summed E-state index contributed by atoms with van der Waals surface area (Å²) >= 11 is 10.4. The van der Waals surface area contributed by atoms with E-state index in [9.17, 15) is 0 Å². The molecule has 0 fully saturated rings. The third-order valence-electron chi connectivity index (χ3n) is 2.23. The van der Waals surface area contributed by atoms with Gasteiger partial charge in [0.15, 0.2) is 0 Å². The SMILES string of the molecule is CCC(Br)c1nnc(-c2ccc(Br)cc2Br)o1. The number of rotatable bonds is 3. The monoisotopic (exact) mass is 422 g/mol. The first-order valence-electron chi connectivity index (χ1n) is 5.04. The van der Waals surface area contributed by atoms with Crippen LogP contribution in [0.25, 0.3) is 11.5 Å². The highest BCUT2D eigenvalue weighted by Crippen LogP contribution is 2.32. The van der Waals surface area contributed by atoms with Gasteiger partial charge in [0.05, 0.1) is 10.4 Å². The van der Waals surface area contributed by atoms with Crippen molar-refractivity contribution in [3.63, 3.8) is 0 Å². The minimum atomic E-state index is 0.109. The first-order chi connectivity index (χ1) is 8.11. The molecule has 6 heteroatoms. The molecule has 1 unspecified atom stereocenters. The van der Waals surface area contributed by atoms with Crippen molar-refractivity contribution in [3.8, 4) is 11.5 Å². The quantitative estimate of drug-likeness (QED) is 0.643. The summed E-state index contributed by atoms with van der Waals surface area (Å²) < 4.78 is 7.55. The Kier molecular flexibility index (Phi) is 4.38. The van der Waals surface area contributed by atoms with Gasteiger partial charge in [0, 0.05) is 8.95 Å². The Morgan fingerprint density at radius 1 is 1.29 bits per heavy atom. The molecule has 0 aliphatic carbocycles. The molecule has 2 rings (SSSR count). The first-order valence-corrected chi connectivity index (χ1v) is 7.55. The van der Waals surface area contributed by atoms with Crippen LogP contribution in [0.5, 0.6) is 0 Å². The van der Waals surface area contributed by atoms with Crippen molar-refractivity contribution < 1.29 is 4.42 Å². The van der Waals surface area contributed by atoms with Gasteiger partial charge in [-0.3, -0.25) is 0 Å². The maximum absolute atomic E-state index is 5.63. The molecule has 1 aromatic heterocycles. The molecule has 2 aromatic rings. The number of hydrogen-bond donors (Lipinski definition) is 0. The van der Waals surface area contributed by atoms with Crippen LogP contribution in [-0.4, -0.2) is 10.2 Å². The highest BCUT2D eigenvalue weighted by molar-refractivity contribution is 9.11. The molecule has 0 saturated carbocycles. The van der Waals surface area contributed by atoms with E-state index in [1.165, 1.54) is 0 Å². The molecular weight excluding hydrogens is 416 g/mol. The molecule has 0 aliphatic heterocycles. The smallest absolute Gasteiger partial charge is 0.248 e. The van der Waals surface area contributed by atoms with Gasteiger partial charge in [0.25, 0.3) is 0 Å². The van der Waals surface area contributed by atoms with Crippen LogP contribution in [0.15, 0.2) is 31.6 Å². The van der Waals surface area contributed by atoms with Crippen molar-refractivity contribution in [2.45, 2.75) is 18.2 Å². The van der Waals surface area contributed by atoms with Crippen LogP contribution >= 0.6 is 47.8 Å². The number of benzene rings is 1. The zero-order chi connectivity index (χ0) is 12.4. The van der Waals surface area contributed by atoms with Gasteiger partial charge in [-0.1, -0.05) is 38.8 Å². The molecule has 1 aromatic carbocycles. The number of halogens is 3. The van der Waals surface area contributed by atoms with E-state index >= 15 is 0 Å². The predicted molar refractivity (Wildman–Crippen MR) is 77.1 cm³/mol. The Hall–Kier alpha value is -0.200. The van der Waals surface area contributed by atoms with Crippen LogP contribution in [0.2, 0.25) is 0 Å². The Bertz CT molecular complexity index is 527. The molecule has 0 N–H and O–H groups in total. The van der Waals surface area contributed by atoms with Crippen LogP contribution in [0.1, 0.15) is 24.1 Å². The fourth-order valence-electron chi connectivity index (χ4n) is 1.31. The van der Waals surface area contributed by atoms with Crippen molar-refractivity contribution in [3.05, 3.63) is 33.0 Å². The Morgan fingerprint density at radius 3 is 2.71 bits per heavy atom. The Balaban J connectivity index is 2.37. The molecule has 1 atom stereocenters. The minimum absolute atomic E-state index is 0.109. The van der Waals surface area contributed by atoms with E-state index in [4.69, 9.17) is 4.42 Å². The average Bonchev–Trinajstić information content (AvgIpc) is 2.77. The maximum atomic E-state index is 5.63. The minimum Gasteiger partial charge on any atom is -0.419 e. The largest absolute Gasteiger partial charge is 0.419 e. The molecule has 3 nitrogen and oxygen atoms in total. The predicted octanol–water partition coefficient (Wildman–Crippen LogP) is 5.11. The molecular formula is C11H9Br3N2O. The van der Waals surface area contributed by atoms with Gasteiger partial charge in [-0.2, -0.15) is 0 Å². The molecule has 1 heterocycles. The lowest BCUT2D eigenvalue weighted by atomic mass is 10.2. The van der Waals surface area contributed by atoms with Crippen LogP contribution in [0, 0.1) is 0 Å². The molecule has 0 amide bonds. The van der Waals surface area contributed by atoms with Gasteiger partial charge < -0.3 is 4.42 Å². The van der Waals surface area contributed by atoms with E-state index in [-0.39, 0.29) is 4.83 Å². The fourth-order valence-corrected chi connectivity index (χ4v) is 2.71. The second-order valence-electron chi connectivity index (χ2n) is 3.45. The molecule has 0 spiro atoms. The number of nitrogens with zero attached hydrogens (tertiary/aromatic N) is 2. The van der Waals surface area contributed by atoms with Crippen LogP contribution in [0.3, 0.4) is 0 Å². The molecule has 0 radical (unpaired) electrons. The maximum Gasteiger partial charge on any atom is 0.248 e. The molecule has 17 heavy (non-hydrogen) atoms. The van der Waals surface area contributed by atoms with E-state index < -0.39 is 0 Å². The summed E-state index contributed by atoms with van der Waals surface area (Å²) in [5.74, 6) is 1.13. The Labute approximate surface area is 124 Å². The zero-order valence-corrected chi connectivity index (χ0v) is 13.7. The van der Waals surface area contributed by atoms with Crippen molar-refractivity contribution in [2.75, 3.05) is 0 Å². The van der Waals surface area contributed by atoms with Gasteiger partial charge in [-0.15, -0.1) is 10.2 Å². The standard InChI is InChI=1S/C11H9Br3N2O/c1-2-8(13)11-16-15-10(17-11)7-4-3-6(12)5-9(7)14/h3-5,8H,2H2,1H3. The lowest BCUT2D eigenvalue weighted by molar-refractivity contribution is 0.500. The lowest BCUT2D eigenvalue weighted by Gasteiger charge is -2.00. The van der Waals surface area contributed by atoms with Crippen LogP contribution in [-0.2, 0) is 0 Å². The van der Waals surface area contributed by atoms with Crippen molar-refractivity contribution in [1.29, 1.82) is 0 Å². The van der Waals surface area contributed by atoms with E-state index in [1.54, 1.807) is 0 Å². The van der Waals surface area contributed by atoms with Crippen molar-refractivity contribution in [2.24, 2.45) is 0 Å². The van der Waals surface area contributed by atoms with Gasteiger partial charge in [-0.05, 0) is 40.5 Å². The van der Waals surface area contributed by atoms with Crippen molar-refractivity contribution >= 4 is 47.8 Å². The third kappa shape index (κ3) is 2.98. The first kappa shape index (κ1) is 13.2. The van der Waals surface area contributed by atoms with E-state index in [2.05, 4.69) is 64.9 Å². The number of hydrogen-bond acceptors (Lipinski definition) is 3. The highest BCUT2D eigenvalue weighted by atomic mass is 79.9. The summed E-state index contributed by atoms with van der Waals surface area (Å²) in [5, 5.41) is 8.08. The third-order valence-corrected chi connectivity index (χ3v) is 4.42. The van der Waals surface area contributed by atoms with E-state index in [1.807, 2.05) is 18.2 Å². The molecule has 0 aliphatic rings. The highest BCUT2D eigenvalue weighted by Gasteiger charge is 2.16. The summed E-state index contributed by atoms with van der Waals surface area (Å²) in [6.07, 6.45) is 0.906. The fraction of sp³-hybridized carbons (Fsp3) is 0.273. The molecule has 0 bridgehead atoms. The second-order valence-corrected chi connectivity index (χ2v) is 6.32. The van der Waals surface area contributed by atoms with Gasteiger partial charge >= 0.3 is 0 Å². The zero-order valence-electron chi connectivity index (χ0n) is 8.95. The summed E-state index contributed by atoms with van der Waals surface area (Å²) in [6.45, 7) is 2.05. The van der Waals surface area contributed by atoms with Crippen LogP contribution < -0.4 is 0 Å². The summed E-state index contributed by atoms with van der Waals surface area (Å²) in [7, 11) is 0. The van der Waals surface area contributed by atoms with Crippen LogP contribution in [0.4, 0.5) is 0 Å². The Morgan fingerprint density at radius 2 is 2.06 bits per heavy atom. The van der Waals surface area contributed by atoms with Gasteiger partial charge in [0.2, 0.25) is 11.8 Å². The summed E-state index contributed by atoms with van der Waals surface area (Å²) in [4.78, 5) is 0.109. The number of alkyl halides is 1. The van der Waals surface area contributed by atoms with E-state index in [0.29, 0.717) is 11.8 Å². The average molecular weight is 425 g/mol. The normalized spacial score (nSPS) is 12.7. The molecule has 0 saturated heterocycles. The lowest BCUT2D eigenvalue weighted by Crippen LogP contribution is -1.86. The summed E-state index contributed by atoms with van der Waals surface area (Å²) in [6, 6.07) is 5.82. The summed E-state index contributed by atoms with van der Waals surface area (Å²) in [5.41, 5.74) is 0.891. The topological polar surface area (TPSA) is 38.9 Å².